The molecule has 1 aliphatic rings. The van der Waals surface area contributed by atoms with Crippen molar-refractivity contribution in [2.24, 2.45) is 13.0 Å². The fourth-order valence-corrected chi connectivity index (χ4v) is 5.03. The number of nitriles is 1. The molecule has 1 N–H and O–H groups in total. The second kappa shape index (κ2) is 8.08. The molecule has 1 aliphatic heterocycles. The summed E-state index contributed by atoms with van der Waals surface area (Å²) in [6.07, 6.45) is 7.01. The molecule has 1 atom stereocenters. The van der Waals surface area contributed by atoms with Crippen LogP contribution in [-0.4, -0.2) is 32.4 Å². The molecule has 0 unspecified atom stereocenters. The molecule has 1 saturated heterocycles. The molecule has 0 radical (unpaired) electrons. The summed E-state index contributed by atoms with van der Waals surface area (Å²) in [7, 11) is 1.91. The molecule has 0 saturated carbocycles. The van der Waals surface area contributed by atoms with Crippen molar-refractivity contribution in [2.75, 3.05) is 13.1 Å². The lowest BCUT2D eigenvalue weighted by Gasteiger charge is -2.15. The first-order valence-corrected chi connectivity index (χ1v) is 11.4. The molecule has 4 heterocycles. The third kappa shape index (κ3) is 3.35. The molecule has 6 rings (SSSR count). The van der Waals surface area contributed by atoms with E-state index in [9.17, 15) is 9.65 Å². The highest BCUT2D eigenvalue weighted by molar-refractivity contribution is 6.02. The number of nitrogens with zero attached hydrogens (tertiary/aromatic N) is 5. The van der Waals surface area contributed by atoms with Crippen molar-refractivity contribution in [3.05, 3.63) is 72.4 Å². The van der Waals surface area contributed by atoms with Gasteiger partial charge in [-0.15, -0.1) is 0 Å². The van der Waals surface area contributed by atoms with Gasteiger partial charge in [-0.2, -0.15) is 10.4 Å². The van der Waals surface area contributed by atoms with Crippen LogP contribution in [0.4, 0.5) is 4.39 Å². The van der Waals surface area contributed by atoms with E-state index in [0.717, 1.165) is 64.7 Å². The molecule has 168 valence electrons. The minimum Gasteiger partial charge on any atom is -0.346 e. The Morgan fingerprint density at radius 3 is 2.79 bits per heavy atom. The van der Waals surface area contributed by atoms with Crippen LogP contribution in [0.25, 0.3) is 44.2 Å². The Hall–Kier alpha value is -4.02. The van der Waals surface area contributed by atoms with Crippen molar-refractivity contribution in [2.45, 2.75) is 13.0 Å². The average molecular weight is 451 g/mol. The molecule has 5 aromatic rings. The van der Waals surface area contributed by atoms with Gasteiger partial charge in [0.25, 0.3) is 0 Å². The maximum absolute atomic E-state index is 14.7. The van der Waals surface area contributed by atoms with Gasteiger partial charge in [0.2, 0.25) is 0 Å². The van der Waals surface area contributed by atoms with E-state index in [2.05, 4.69) is 33.3 Å². The summed E-state index contributed by atoms with van der Waals surface area (Å²) in [6, 6.07) is 14.9. The second-order valence-electron chi connectivity index (χ2n) is 8.96. The van der Waals surface area contributed by atoms with Crippen LogP contribution < -0.4 is 5.32 Å². The SMILES string of the molecule is Cn1ncc2ccc(-c3ncc4c(ccn4C[C@@H]4CCNC4)c3-c3ccc(C#N)c(F)c3)cc21. The van der Waals surface area contributed by atoms with Gasteiger partial charge < -0.3 is 9.88 Å². The van der Waals surface area contributed by atoms with Gasteiger partial charge in [-0.3, -0.25) is 9.67 Å². The largest absolute Gasteiger partial charge is 0.346 e. The third-order valence-corrected chi connectivity index (χ3v) is 6.85. The normalized spacial score (nSPS) is 15.9. The molecular formula is C27H23FN6. The molecule has 0 spiro atoms. The van der Waals surface area contributed by atoms with Crippen LogP contribution in [0.1, 0.15) is 12.0 Å². The zero-order valence-corrected chi connectivity index (χ0v) is 18.8. The predicted octanol–water partition coefficient (Wildman–Crippen LogP) is 4.88. The standard InChI is InChI=1S/C27H23FN6/c1-33-24-11-19(3-5-21(24)14-32-33)27-26(18-2-4-20(12-29)23(28)10-18)22-7-9-34(25(22)15-31-27)16-17-6-8-30-13-17/h2-5,7,9-11,14-15,17,30H,6,8,13,16H2,1H3/t17-/m1/s1. The summed E-state index contributed by atoms with van der Waals surface area (Å²) in [6.45, 7) is 2.99. The van der Waals surface area contributed by atoms with Gasteiger partial charge in [0, 0.05) is 41.7 Å². The first-order chi connectivity index (χ1) is 16.6. The van der Waals surface area contributed by atoms with E-state index < -0.39 is 5.82 Å². The number of hydrogen-bond acceptors (Lipinski definition) is 4. The number of pyridine rings is 1. The zero-order chi connectivity index (χ0) is 23.2. The summed E-state index contributed by atoms with van der Waals surface area (Å²) in [5.74, 6) is 0.0554. The van der Waals surface area contributed by atoms with E-state index in [1.165, 1.54) is 6.07 Å². The smallest absolute Gasteiger partial charge is 0.141 e. The van der Waals surface area contributed by atoms with Gasteiger partial charge in [-0.1, -0.05) is 18.2 Å². The van der Waals surface area contributed by atoms with Crippen LogP contribution in [0.3, 0.4) is 0 Å². The van der Waals surface area contributed by atoms with Crippen molar-refractivity contribution in [1.29, 1.82) is 5.26 Å². The summed E-state index contributed by atoms with van der Waals surface area (Å²) in [5.41, 5.74) is 5.35. The molecule has 0 amide bonds. The van der Waals surface area contributed by atoms with Crippen LogP contribution >= 0.6 is 0 Å². The van der Waals surface area contributed by atoms with Crippen molar-refractivity contribution in [1.82, 2.24) is 24.6 Å². The molecule has 0 bridgehead atoms. The number of nitrogens with one attached hydrogen (secondary N) is 1. The lowest BCUT2D eigenvalue weighted by atomic mass is 9.95. The van der Waals surface area contributed by atoms with E-state index in [-0.39, 0.29) is 5.56 Å². The molecule has 3 aromatic heterocycles. The Balaban J connectivity index is 1.57. The Morgan fingerprint density at radius 1 is 1.12 bits per heavy atom. The molecular weight excluding hydrogens is 427 g/mol. The van der Waals surface area contributed by atoms with Crippen LogP contribution in [-0.2, 0) is 13.6 Å². The van der Waals surface area contributed by atoms with Gasteiger partial charge in [0.05, 0.1) is 34.7 Å². The maximum atomic E-state index is 14.7. The van der Waals surface area contributed by atoms with Crippen LogP contribution in [0.5, 0.6) is 0 Å². The molecule has 6 nitrogen and oxygen atoms in total. The summed E-state index contributed by atoms with van der Waals surface area (Å²) in [5, 5.41) is 19.1. The Morgan fingerprint density at radius 2 is 2.00 bits per heavy atom. The minimum absolute atomic E-state index is 0.0352. The van der Waals surface area contributed by atoms with Crippen molar-refractivity contribution >= 4 is 21.8 Å². The van der Waals surface area contributed by atoms with E-state index >= 15 is 0 Å². The average Bonchev–Trinajstić information content (AvgIpc) is 3.60. The van der Waals surface area contributed by atoms with Gasteiger partial charge in [0.15, 0.2) is 0 Å². The topological polar surface area (TPSA) is 71.5 Å². The summed E-state index contributed by atoms with van der Waals surface area (Å²) in [4.78, 5) is 4.90. The number of fused-ring (bicyclic) bond motifs is 2. The maximum Gasteiger partial charge on any atom is 0.141 e. The Bertz CT molecular complexity index is 1580. The lowest BCUT2D eigenvalue weighted by molar-refractivity contribution is 0.491. The summed E-state index contributed by atoms with van der Waals surface area (Å²) >= 11 is 0. The Labute approximate surface area is 196 Å². The zero-order valence-electron chi connectivity index (χ0n) is 18.8. The van der Waals surface area contributed by atoms with E-state index in [1.807, 2.05) is 48.4 Å². The first-order valence-electron chi connectivity index (χ1n) is 11.4. The highest BCUT2D eigenvalue weighted by atomic mass is 19.1. The number of rotatable bonds is 4. The monoisotopic (exact) mass is 450 g/mol. The lowest BCUT2D eigenvalue weighted by Crippen LogP contribution is -2.14. The highest BCUT2D eigenvalue weighted by Gasteiger charge is 2.20. The van der Waals surface area contributed by atoms with Gasteiger partial charge in [-0.05, 0) is 55.3 Å². The van der Waals surface area contributed by atoms with Crippen LogP contribution in [0.2, 0.25) is 0 Å². The van der Waals surface area contributed by atoms with Crippen molar-refractivity contribution in [3.8, 4) is 28.5 Å². The fraction of sp³-hybridized carbons (Fsp3) is 0.222. The first kappa shape index (κ1) is 20.6. The Kier molecular flexibility index (Phi) is 4.89. The summed E-state index contributed by atoms with van der Waals surface area (Å²) < 4.78 is 18.8. The van der Waals surface area contributed by atoms with Crippen molar-refractivity contribution in [3.63, 3.8) is 0 Å². The van der Waals surface area contributed by atoms with E-state index in [0.29, 0.717) is 11.5 Å². The highest BCUT2D eigenvalue weighted by Crippen LogP contribution is 2.38. The number of halogens is 1. The predicted molar refractivity (Wildman–Crippen MR) is 131 cm³/mol. The van der Waals surface area contributed by atoms with Crippen LogP contribution in [0, 0.1) is 23.1 Å². The second-order valence-corrected chi connectivity index (χ2v) is 8.96. The van der Waals surface area contributed by atoms with E-state index in [4.69, 9.17) is 4.98 Å². The molecule has 7 heteroatoms. The van der Waals surface area contributed by atoms with Gasteiger partial charge in [0.1, 0.15) is 11.9 Å². The quantitative estimate of drug-likeness (QED) is 0.424. The van der Waals surface area contributed by atoms with Crippen molar-refractivity contribution < 1.29 is 4.39 Å². The minimum atomic E-state index is -0.526. The number of benzene rings is 2. The van der Waals surface area contributed by atoms with E-state index in [1.54, 1.807) is 6.07 Å². The molecule has 1 fully saturated rings. The van der Waals surface area contributed by atoms with Gasteiger partial charge >= 0.3 is 0 Å². The number of aryl methyl sites for hydroxylation is 1. The number of hydrogen-bond donors (Lipinski definition) is 1. The van der Waals surface area contributed by atoms with Gasteiger partial charge in [-0.25, -0.2) is 4.39 Å². The molecule has 2 aromatic carbocycles. The van der Waals surface area contributed by atoms with Crippen LogP contribution in [0.15, 0.2) is 61.1 Å². The third-order valence-electron chi connectivity index (χ3n) is 6.85. The fourth-order valence-electron chi connectivity index (χ4n) is 5.03. The number of aromatic nitrogens is 4. The molecule has 0 aliphatic carbocycles. The molecule has 34 heavy (non-hydrogen) atoms.